The number of hydrogen-bond donors (Lipinski definition) is 1. The summed E-state index contributed by atoms with van der Waals surface area (Å²) in [5, 5.41) is 4.57. The number of aryl methyl sites for hydroxylation is 3. The molecule has 20 heavy (non-hydrogen) atoms. The van der Waals surface area contributed by atoms with Gasteiger partial charge in [-0.15, -0.1) is 0 Å². The molecule has 1 N–H and O–H groups in total. The highest BCUT2D eigenvalue weighted by molar-refractivity contribution is 8.00. The molecule has 0 aromatic heterocycles. The molecule has 2 heteroatoms. The maximum absolute atomic E-state index is 3.82. The number of benzene rings is 1. The molecule has 1 aliphatic rings. The molecular formula is C18H29NS. The first-order valence-electron chi connectivity index (χ1n) is 8.06. The Morgan fingerprint density at radius 3 is 2.55 bits per heavy atom. The molecule has 0 bridgehead atoms. The van der Waals surface area contributed by atoms with Gasteiger partial charge >= 0.3 is 0 Å². The number of hydrogen-bond acceptors (Lipinski definition) is 2. The summed E-state index contributed by atoms with van der Waals surface area (Å²) in [4.78, 5) is 0. The first-order valence-corrected chi connectivity index (χ1v) is 9.11. The second-order valence-corrected chi connectivity index (χ2v) is 7.48. The Hall–Kier alpha value is -0.470. The molecular weight excluding hydrogens is 262 g/mol. The van der Waals surface area contributed by atoms with Crippen molar-refractivity contribution in [3.63, 3.8) is 0 Å². The van der Waals surface area contributed by atoms with Crippen molar-refractivity contribution in [2.45, 2.75) is 64.7 Å². The van der Waals surface area contributed by atoms with E-state index in [1.807, 2.05) is 0 Å². The van der Waals surface area contributed by atoms with Crippen LogP contribution in [0.3, 0.4) is 0 Å². The predicted molar refractivity (Wildman–Crippen MR) is 91.8 cm³/mol. The summed E-state index contributed by atoms with van der Waals surface area (Å²) in [6, 6.07) is 5.31. The second-order valence-electron chi connectivity index (χ2n) is 6.13. The maximum atomic E-state index is 3.82. The standard InChI is InChI=1S/C18H29NS/c1-5-9-19-18(17-8-6-7-10-20-17)16-12-14(3)13(2)11-15(16)4/h11-12,17-19H,5-10H2,1-4H3. The predicted octanol–water partition coefficient (Wildman–Crippen LogP) is 4.94. The first-order chi connectivity index (χ1) is 9.63. The van der Waals surface area contributed by atoms with Gasteiger partial charge in [0.2, 0.25) is 0 Å². The fourth-order valence-corrected chi connectivity index (χ4v) is 4.53. The summed E-state index contributed by atoms with van der Waals surface area (Å²) >= 11 is 2.17. The van der Waals surface area contributed by atoms with E-state index in [-0.39, 0.29) is 0 Å². The molecule has 0 saturated carbocycles. The van der Waals surface area contributed by atoms with Crippen molar-refractivity contribution in [1.29, 1.82) is 0 Å². The van der Waals surface area contributed by atoms with Crippen molar-refractivity contribution in [3.8, 4) is 0 Å². The van der Waals surface area contributed by atoms with Crippen LogP contribution in [0.2, 0.25) is 0 Å². The molecule has 0 aliphatic carbocycles. The fraction of sp³-hybridized carbons (Fsp3) is 0.667. The topological polar surface area (TPSA) is 12.0 Å². The van der Waals surface area contributed by atoms with Crippen LogP contribution in [0.4, 0.5) is 0 Å². The minimum absolute atomic E-state index is 0.527. The third kappa shape index (κ3) is 3.79. The van der Waals surface area contributed by atoms with Gasteiger partial charge in [-0.25, -0.2) is 0 Å². The average molecular weight is 292 g/mol. The molecule has 112 valence electrons. The summed E-state index contributed by atoms with van der Waals surface area (Å²) < 4.78 is 0. The molecule has 1 saturated heterocycles. The van der Waals surface area contributed by atoms with Crippen molar-refractivity contribution in [2.24, 2.45) is 0 Å². The van der Waals surface area contributed by atoms with Gasteiger partial charge in [0, 0.05) is 11.3 Å². The van der Waals surface area contributed by atoms with E-state index in [0.29, 0.717) is 6.04 Å². The SMILES string of the molecule is CCCNC(c1cc(C)c(C)cc1C)C1CCCCS1. The molecule has 2 rings (SSSR count). The zero-order chi connectivity index (χ0) is 14.5. The number of thioether (sulfide) groups is 1. The van der Waals surface area contributed by atoms with Gasteiger partial charge in [-0.3, -0.25) is 0 Å². The number of rotatable bonds is 5. The highest BCUT2D eigenvalue weighted by atomic mass is 32.2. The van der Waals surface area contributed by atoms with Crippen LogP contribution in [0.25, 0.3) is 0 Å². The van der Waals surface area contributed by atoms with Gasteiger partial charge in [0.15, 0.2) is 0 Å². The van der Waals surface area contributed by atoms with Gasteiger partial charge in [-0.2, -0.15) is 11.8 Å². The molecule has 0 spiro atoms. The molecule has 0 radical (unpaired) electrons. The van der Waals surface area contributed by atoms with Crippen molar-refractivity contribution in [2.75, 3.05) is 12.3 Å². The van der Waals surface area contributed by atoms with E-state index >= 15 is 0 Å². The van der Waals surface area contributed by atoms with E-state index in [9.17, 15) is 0 Å². The molecule has 1 nitrogen and oxygen atoms in total. The molecule has 1 aliphatic heterocycles. The Morgan fingerprint density at radius 1 is 1.15 bits per heavy atom. The van der Waals surface area contributed by atoms with Crippen LogP contribution in [0.1, 0.15) is 60.9 Å². The lowest BCUT2D eigenvalue weighted by atomic mass is 9.92. The van der Waals surface area contributed by atoms with Crippen molar-refractivity contribution < 1.29 is 0 Å². The molecule has 1 aromatic rings. The van der Waals surface area contributed by atoms with Crippen LogP contribution in [-0.4, -0.2) is 17.5 Å². The molecule has 2 atom stereocenters. The van der Waals surface area contributed by atoms with Crippen LogP contribution in [0, 0.1) is 20.8 Å². The van der Waals surface area contributed by atoms with Crippen LogP contribution in [0.15, 0.2) is 12.1 Å². The van der Waals surface area contributed by atoms with Crippen molar-refractivity contribution >= 4 is 11.8 Å². The van der Waals surface area contributed by atoms with E-state index < -0.39 is 0 Å². The lowest BCUT2D eigenvalue weighted by Gasteiger charge is -2.32. The van der Waals surface area contributed by atoms with Gasteiger partial charge in [0.25, 0.3) is 0 Å². The van der Waals surface area contributed by atoms with E-state index in [1.165, 1.54) is 53.7 Å². The van der Waals surface area contributed by atoms with E-state index in [2.05, 4.69) is 56.9 Å². The zero-order valence-corrected chi connectivity index (χ0v) is 14.3. The van der Waals surface area contributed by atoms with Crippen molar-refractivity contribution in [1.82, 2.24) is 5.32 Å². The third-order valence-corrected chi connectivity index (χ3v) is 5.88. The molecule has 1 aromatic carbocycles. The Balaban J connectivity index is 2.27. The monoisotopic (exact) mass is 291 g/mol. The minimum atomic E-state index is 0.527. The zero-order valence-electron chi connectivity index (χ0n) is 13.5. The first kappa shape index (κ1) is 15.9. The molecule has 1 fully saturated rings. The van der Waals surface area contributed by atoms with Crippen LogP contribution < -0.4 is 5.32 Å². The normalized spacial score (nSPS) is 20.9. The Bertz CT molecular complexity index is 435. The highest BCUT2D eigenvalue weighted by Gasteiger charge is 2.26. The second kappa shape index (κ2) is 7.51. The summed E-state index contributed by atoms with van der Waals surface area (Å²) in [7, 11) is 0. The minimum Gasteiger partial charge on any atom is -0.309 e. The lowest BCUT2D eigenvalue weighted by molar-refractivity contribution is 0.477. The van der Waals surface area contributed by atoms with Gasteiger partial charge in [-0.05, 0) is 74.6 Å². The van der Waals surface area contributed by atoms with Crippen LogP contribution >= 0.6 is 11.8 Å². The average Bonchev–Trinajstić information content (AvgIpc) is 2.45. The van der Waals surface area contributed by atoms with Crippen LogP contribution in [-0.2, 0) is 0 Å². The highest BCUT2D eigenvalue weighted by Crippen LogP contribution is 2.36. The maximum Gasteiger partial charge on any atom is 0.0443 e. The molecule has 1 heterocycles. The van der Waals surface area contributed by atoms with E-state index in [1.54, 1.807) is 0 Å². The third-order valence-electron chi connectivity index (χ3n) is 4.42. The lowest BCUT2D eigenvalue weighted by Crippen LogP contribution is -2.33. The summed E-state index contributed by atoms with van der Waals surface area (Å²) in [5.74, 6) is 1.33. The molecule has 2 unspecified atom stereocenters. The number of nitrogens with one attached hydrogen (secondary N) is 1. The van der Waals surface area contributed by atoms with Crippen LogP contribution in [0.5, 0.6) is 0 Å². The van der Waals surface area contributed by atoms with Gasteiger partial charge < -0.3 is 5.32 Å². The summed E-state index contributed by atoms with van der Waals surface area (Å²) in [6.45, 7) is 10.1. The quantitative estimate of drug-likeness (QED) is 0.825. The van der Waals surface area contributed by atoms with Gasteiger partial charge in [0.1, 0.15) is 0 Å². The Labute approximate surface area is 128 Å². The summed E-state index contributed by atoms with van der Waals surface area (Å²) in [6.07, 6.45) is 5.36. The smallest absolute Gasteiger partial charge is 0.0443 e. The van der Waals surface area contributed by atoms with Gasteiger partial charge in [-0.1, -0.05) is 25.5 Å². The Kier molecular flexibility index (Phi) is 5.98. The van der Waals surface area contributed by atoms with Gasteiger partial charge in [0.05, 0.1) is 0 Å². The fourth-order valence-electron chi connectivity index (χ4n) is 3.09. The largest absolute Gasteiger partial charge is 0.309 e. The molecule has 0 amide bonds. The van der Waals surface area contributed by atoms with E-state index in [4.69, 9.17) is 0 Å². The van der Waals surface area contributed by atoms with Crippen molar-refractivity contribution in [3.05, 3.63) is 34.4 Å². The summed E-state index contributed by atoms with van der Waals surface area (Å²) in [5.41, 5.74) is 5.82. The Morgan fingerprint density at radius 2 is 1.90 bits per heavy atom. The van der Waals surface area contributed by atoms with E-state index in [0.717, 1.165) is 11.8 Å².